The van der Waals surface area contributed by atoms with Crippen molar-refractivity contribution in [2.24, 2.45) is 5.73 Å². The van der Waals surface area contributed by atoms with Gasteiger partial charge in [-0.1, -0.05) is 0 Å². The summed E-state index contributed by atoms with van der Waals surface area (Å²) in [4.78, 5) is 11.2. The summed E-state index contributed by atoms with van der Waals surface area (Å²) >= 11 is 0. The van der Waals surface area contributed by atoms with Gasteiger partial charge in [0.1, 0.15) is 11.6 Å². The summed E-state index contributed by atoms with van der Waals surface area (Å²) in [6, 6.07) is 1.56. The summed E-state index contributed by atoms with van der Waals surface area (Å²) in [5, 5.41) is 9.74. The highest BCUT2D eigenvalue weighted by atomic mass is 35.5. The topological polar surface area (TPSA) is 72.5 Å². The van der Waals surface area contributed by atoms with Crippen LogP contribution in [-0.2, 0) is 9.53 Å². The molecule has 0 spiro atoms. The number of ether oxygens (including phenoxy) is 1. The molecule has 4 nitrogen and oxygen atoms in total. The fourth-order valence-corrected chi connectivity index (χ4v) is 1.55. The number of hydrogen-bond acceptors (Lipinski definition) is 4. The lowest BCUT2D eigenvalue weighted by atomic mass is 10.0. The minimum atomic E-state index is -0.775. The maximum Gasteiger partial charge on any atom is 0.307 e. The first-order valence-corrected chi connectivity index (χ1v) is 5.36. The minimum absolute atomic E-state index is 0. The number of carbonyl (C=O) groups excluding carboxylic acids is 1. The predicted octanol–water partition coefficient (Wildman–Crippen LogP) is 2.21. The Labute approximate surface area is 111 Å². The zero-order valence-corrected chi connectivity index (χ0v) is 11.1. The molecule has 0 heterocycles. The van der Waals surface area contributed by atoms with Gasteiger partial charge in [0.25, 0.3) is 0 Å². The fourth-order valence-electron chi connectivity index (χ4n) is 1.55. The molecule has 0 unspecified atom stereocenters. The number of carbonyl (C=O) groups is 1. The number of hydrogen-bond donors (Lipinski definition) is 2. The van der Waals surface area contributed by atoms with Gasteiger partial charge in [0.15, 0.2) is 0 Å². The molecule has 3 N–H and O–H groups in total. The third kappa shape index (κ3) is 4.16. The first kappa shape index (κ1) is 16.7. The number of benzene rings is 1. The van der Waals surface area contributed by atoms with E-state index >= 15 is 0 Å². The molecule has 0 saturated heterocycles. The zero-order chi connectivity index (χ0) is 13.0. The number of rotatable bonds is 4. The summed E-state index contributed by atoms with van der Waals surface area (Å²) < 4.78 is 17.9. The fraction of sp³-hybridized carbons (Fsp3) is 0.417. The van der Waals surface area contributed by atoms with E-state index in [1.807, 2.05) is 0 Å². The first-order valence-electron chi connectivity index (χ1n) is 5.36. The average molecular weight is 278 g/mol. The lowest BCUT2D eigenvalue weighted by Gasteiger charge is -2.14. The van der Waals surface area contributed by atoms with Crippen molar-refractivity contribution in [3.63, 3.8) is 0 Å². The number of nitrogens with two attached hydrogens (primary N) is 1. The largest absolute Gasteiger partial charge is 0.507 e. The van der Waals surface area contributed by atoms with E-state index in [4.69, 9.17) is 10.5 Å². The Hall–Kier alpha value is -1.33. The summed E-state index contributed by atoms with van der Waals surface area (Å²) in [7, 11) is 0. The monoisotopic (exact) mass is 277 g/mol. The number of phenols is 1. The van der Waals surface area contributed by atoms with Crippen LogP contribution in [0.1, 0.15) is 30.5 Å². The van der Waals surface area contributed by atoms with Crippen LogP contribution in [0.3, 0.4) is 0 Å². The van der Waals surface area contributed by atoms with Gasteiger partial charge in [0, 0.05) is 11.6 Å². The third-order valence-corrected chi connectivity index (χ3v) is 2.39. The Kier molecular flexibility index (Phi) is 6.65. The summed E-state index contributed by atoms with van der Waals surface area (Å²) in [6.07, 6.45) is -0.0930. The average Bonchev–Trinajstić information content (AvgIpc) is 2.23. The van der Waals surface area contributed by atoms with Crippen LogP contribution in [0.5, 0.6) is 5.75 Å². The highest BCUT2D eigenvalue weighted by molar-refractivity contribution is 5.85. The van der Waals surface area contributed by atoms with Crippen molar-refractivity contribution in [1.29, 1.82) is 0 Å². The van der Waals surface area contributed by atoms with Crippen molar-refractivity contribution < 1.29 is 19.0 Å². The molecule has 0 bridgehead atoms. The van der Waals surface area contributed by atoms with Gasteiger partial charge in [-0.2, -0.15) is 0 Å². The maximum atomic E-state index is 13.2. The van der Waals surface area contributed by atoms with Crippen molar-refractivity contribution in [1.82, 2.24) is 0 Å². The van der Waals surface area contributed by atoms with E-state index in [9.17, 15) is 14.3 Å². The van der Waals surface area contributed by atoms with E-state index in [1.165, 1.54) is 6.07 Å². The van der Waals surface area contributed by atoms with Gasteiger partial charge < -0.3 is 15.6 Å². The lowest BCUT2D eigenvalue weighted by molar-refractivity contribution is -0.143. The second kappa shape index (κ2) is 7.18. The second-order valence-corrected chi connectivity index (χ2v) is 3.78. The van der Waals surface area contributed by atoms with Crippen LogP contribution in [0.4, 0.5) is 4.39 Å². The standard InChI is InChI=1S/C12H16FNO3.ClH/c1-3-17-11(15)6-10(14)9-5-8(13)4-7(2)12(9)16;/h4-5,10,16H,3,6,14H2,1-2H3;1H/t10-;/m1./s1. The molecule has 1 rings (SSSR count). The van der Waals surface area contributed by atoms with Crippen molar-refractivity contribution in [2.75, 3.05) is 6.61 Å². The minimum Gasteiger partial charge on any atom is -0.507 e. The summed E-state index contributed by atoms with van der Waals surface area (Å²) in [5.41, 5.74) is 6.34. The SMILES string of the molecule is CCOC(=O)C[C@@H](N)c1cc(F)cc(C)c1O.Cl. The number of halogens is 2. The molecular weight excluding hydrogens is 261 g/mol. The van der Waals surface area contributed by atoms with E-state index < -0.39 is 17.8 Å². The Bertz CT molecular complexity index is 426. The molecule has 0 aliphatic rings. The highest BCUT2D eigenvalue weighted by Gasteiger charge is 2.18. The molecule has 0 aliphatic carbocycles. The van der Waals surface area contributed by atoms with Crippen molar-refractivity contribution in [2.45, 2.75) is 26.3 Å². The third-order valence-electron chi connectivity index (χ3n) is 2.39. The van der Waals surface area contributed by atoms with Gasteiger partial charge in [-0.15, -0.1) is 12.4 Å². The van der Waals surface area contributed by atoms with E-state index in [2.05, 4.69) is 0 Å². The van der Waals surface area contributed by atoms with E-state index in [0.717, 1.165) is 6.07 Å². The van der Waals surface area contributed by atoms with Crippen LogP contribution in [0.15, 0.2) is 12.1 Å². The summed E-state index contributed by atoms with van der Waals surface area (Å²) in [5.74, 6) is -1.04. The molecule has 1 aromatic carbocycles. The summed E-state index contributed by atoms with van der Waals surface area (Å²) in [6.45, 7) is 3.52. The molecule has 0 aliphatic heterocycles. The number of phenolic OH excluding ortho intramolecular Hbond substituents is 1. The molecule has 0 fully saturated rings. The van der Waals surface area contributed by atoms with Gasteiger partial charge >= 0.3 is 5.97 Å². The Morgan fingerprint density at radius 3 is 2.72 bits per heavy atom. The normalized spacial score (nSPS) is 11.6. The number of aryl methyl sites for hydroxylation is 1. The molecule has 0 amide bonds. The van der Waals surface area contributed by atoms with Crippen LogP contribution in [0.2, 0.25) is 0 Å². The van der Waals surface area contributed by atoms with E-state index in [-0.39, 0.29) is 36.7 Å². The molecule has 6 heteroatoms. The highest BCUT2D eigenvalue weighted by Crippen LogP contribution is 2.29. The van der Waals surface area contributed by atoms with Gasteiger partial charge in [-0.05, 0) is 31.5 Å². The Morgan fingerprint density at radius 2 is 2.17 bits per heavy atom. The zero-order valence-electron chi connectivity index (χ0n) is 10.3. The van der Waals surface area contributed by atoms with Crippen LogP contribution in [0, 0.1) is 12.7 Å². The Morgan fingerprint density at radius 1 is 1.56 bits per heavy atom. The molecule has 1 aromatic rings. The number of esters is 1. The van der Waals surface area contributed by atoms with Crippen LogP contribution < -0.4 is 5.73 Å². The van der Waals surface area contributed by atoms with Crippen LogP contribution in [-0.4, -0.2) is 17.7 Å². The van der Waals surface area contributed by atoms with E-state index in [1.54, 1.807) is 13.8 Å². The van der Waals surface area contributed by atoms with Crippen molar-refractivity contribution in [3.05, 3.63) is 29.1 Å². The van der Waals surface area contributed by atoms with Gasteiger partial charge in [0.2, 0.25) is 0 Å². The van der Waals surface area contributed by atoms with Crippen LogP contribution >= 0.6 is 12.4 Å². The quantitative estimate of drug-likeness (QED) is 0.828. The first-order chi connectivity index (χ1) is 7.95. The molecule has 1 atom stereocenters. The van der Waals surface area contributed by atoms with Crippen molar-refractivity contribution in [3.8, 4) is 5.75 Å². The van der Waals surface area contributed by atoms with Gasteiger partial charge in [0.05, 0.1) is 13.0 Å². The molecule has 0 radical (unpaired) electrons. The van der Waals surface area contributed by atoms with Gasteiger partial charge in [-0.25, -0.2) is 4.39 Å². The second-order valence-electron chi connectivity index (χ2n) is 3.78. The smallest absolute Gasteiger partial charge is 0.307 e. The molecule has 0 aromatic heterocycles. The Balaban J connectivity index is 0.00000289. The van der Waals surface area contributed by atoms with Crippen LogP contribution in [0.25, 0.3) is 0 Å². The molecule has 0 saturated carbocycles. The van der Waals surface area contributed by atoms with E-state index in [0.29, 0.717) is 5.56 Å². The van der Waals surface area contributed by atoms with Crippen molar-refractivity contribution >= 4 is 18.4 Å². The predicted molar refractivity (Wildman–Crippen MR) is 68.2 cm³/mol. The lowest BCUT2D eigenvalue weighted by Crippen LogP contribution is -2.17. The molecule has 18 heavy (non-hydrogen) atoms. The number of aromatic hydroxyl groups is 1. The van der Waals surface area contributed by atoms with Gasteiger partial charge in [-0.3, -0.25) is 4.79 Å². The molecular formula is C12H17ClFNO3. The maximum absolute atomic E-state index is 13.2. The molecule has 102 valence electrons.